The van der Waals surface area contributed by atoms with Crippen molar-refractivity contribution in [2.75, 3.05) is 0 Å². The Labute approximate surface area is 143 Å². The van der Waals surface area contributed by atoms with E-state index in [1.807, 2.05) is 12.1 Å². The molecule has 2 aromatic rings. The number of carbonyl (C=O) groups excluding carboxylic acids is 2. The number of amides is 3. The quantitative estimate of drug-likeness (QED) is 0.604. The minimum Gasteiger partial charge on any atom is -0.449 e. The smallest absolute Gasteiger partial charge is 0.326 e. The van der Waals surface area contributed by atoms with E-state index in [-0.39, 0.29) is 5.70 Å². The summed E-state index contributed by atoms with van der Waals surface area (Å²) in [5, 5.41) is 5.83. The van der Waals surface area contributed by atoms with Crippen LogP contribution in [0.5, 0.6) is 0 Å². The Morgan fingerprint density at radius 1 is 1.18 bits per heavy atom. The Hall–Kier alpha value is -1.70. The number of urea groups is 1. The molecule has 1 aromatic carbocycles. The molecule has 1 aliphatic heterocycles. The molecule has 0 bridgehead atoms. The molecule has 1 aromatic heterocycles. The number of imide groups is 1. The number of benzene rings is 1. The molecule has 0 atom stereocenters. The predicted octanol–water partition coefficient (Wildman–Crippen LogP) is 4.03. The first-order valence-electron chi connectivity index (χ1n) is 6.08. The van der Waals surface area contributed by atoms with Crippen molar-refractivity contribution in [3.63, 3.8) is 0 Å². The molecule has 112 valence electrons. The summed E-state index contributed by atoms with van der Waals surface area (Å²) >= 11 is 10.7. The van der Waals surface area contributed by atoms with Crippen LogP contribution in [-0.4, -0.2) is 11.9 Å². The standard InChI is InChI=1S/C14H8BrClN2O3S/c15-10-5-8(6-11-12(19)18-14(20)17-11)21-13(10)22-9-3-1-7(16)2-4-9/h1-6H,(H2,17,18,19,20). The summed E-state index contributed by atoms with van der Waals surface area (Å²) in [5.41, 5.74) is 0.147. The number of furan rings is 1. The van der Waals surface area contributed by atoms with Gasteiger partial charge in [0.25, 0.3) is 5.91 Å². The van der Waals surface area contributed by atoms with E-state index in [9.17, 15) is 9.59 Å². The predicted molar refractivity (Wildman–Crippen MR) is 86.6 cm³/mol. The lowest BCUT2D eigenvalue weighted by atomic mass is 10.3. The molecule has 2 N–H and O–H groups in total. The Balaban J connectivity index is 1.82. The van der Waals surface area contributed by atoms with Crippen molar-refractivity contribution in [3.05, 3.63) is 51.3 Å². The van der Waals surface area contributed by atoms with Crippen LogP contribution in [0, 0.1) is 0 Å². The summed E-state index contributed by atoms with van der Waals surface area (Å²) in [6.45, 7) is 0. The van der Waals surface area contributed by atoms with Crippen LogP contribution in [0.3, 0.4) is 0 Å². The lowest BCUT2D eigenvalue weighted by molar-refractivity contribution is -0.115. The first-order valence-corrected chi connectivity index (χ1v) is 8.07. The van der Waals surface area contributed by atoms with Gasteiger partial charge in [0.15, 0.2) is 5.09 Å². The SMILES string of the molecule is O=C1NC(=O)C(=Cc2cc(Br)c(Sc3ccc(Cl)cc3)o2)N1. The van der Waals surface area contributed by atoms with Gasteiger partial charge in [0.05, 0.1) is 4.47 Å². The van der Waals surface area contributed by atoms with Crippen LogP contribution in [0.15, 0.2) is 54.9 Å². The van der Waals surface area contributed by atoms with E-state index in [1.54, 1.807) is 18.2 Å². The van der Waals surface area contributed by atoms with Crippen molar-refractivity contribution in [2.45, 2.75) is 9.99 Å². The van der Waals surface area contributed by atoms with Crippen LogP contribution in [0.2, 0.25) is 5.02 Å². The van der Waals surface area contributed by atoms with E-state index >= 15 is 0 Å². The average molecular weight is 400 g/mol. The molecular formula is C14H8BrClN2O3S. The third kappa shape index (κ3) is 3.37. The third-order valence-electron chi connectivity index (χ3n) is 2.71. The van der Waals surface area contributed by atoms with E-state index in [4.69, 9.17) is 16.0 Å². The van der Waals surface area contributed by atoms with Crippen LogP contribution in [0.4, 0.5) is 4.79 Å². The highest BCUT2D eigenvalue weighted by atomic mass is 79.9. The molecule has 8 heteroatoms. The van der Waals surface area contributed by atoms with Gasteiger partial charge in [-0.3, -0.25) is 10.1 Å². The topological polar surface area (TPSA) is 71.3 Å². The van der Waals surface area contributed by atoms with E-state index in [1.165, 1.54) is 17.8 Å². The Bertz CT molecular complexity index is 786. The number of hydrogen-bond acceptors (Lipinski definition) is 4. The number of carbonyl (C=O) groups is 2. The zero-order valence-corrected chi connectivity index (χ0v) is 14.0. The van der Waals surface area contributed by atoms with Gasteiger partial charge in [-0.2, -0.15) is 0 Å². The Morgan fingerprint density at radius 2 is 1.91 bits per heavy atom. The zero-order valence-electron chi connectivity index (χ0n) is 10.9. The minimum atomic E-state index is -0.544. The lowest BCUT2D eigenvalue weighted by Crippen LogP contribution is -2.22. The fourth-order valence-corrected chi connectivity index (χ4v) is 3.20. The van der Waals surface area contributed by atoms with Crippen LogP contribution in [0.1, 0.15) is 5.76 Å². The van der Waals surface area contributed by atoms with Crippen LogP contribution >= 0.6 is 39.3 Å². The van der Waals surface area contributed by atoms with Crippen molar-refractivity contribution >= 4 is 57.3 Å². The van der Waals surface area contributed by atoms with Gasteiger partial charge in [0.1, 0.15) is 11.5 Å². The summed E-state index contributed by atoms with van der Waals surface area (Å²) in [7, 11) is 0. The molecule has 5 nitrogen and oxygen atoms in total. The molecule has 0 radical (unpaired) electrons. The molecule has 0 aliphatic carbocycles. The van der Waals surface area contributed by atoms with Gasteiger partial charge in [0.2, 0.25) is 0 Å². The van der Waals surface area contributed by atoms with Gasteiger partial charge >= 0.3 is 6.03 Å². The third-order valence-corrected chi connectivity index (χ3v) is 4.81. The maximum atomic E-state index is 11.5. The second-order valence-corrected chi connectivity index (χ2v) is 6.64. The van der Waals surface area contributed by atoms with E-state index in [2.05, 4.69) is 26.6 Å². The fourth-order valence-electron chi connectivity index (χ4n) is 1.74. The van der Waals surface area contributed by atoms with Gasteiger partial charge in [0, 0.05) is 16.0 Å². The zero-order chi connectivity index (χ0) is 15.7. The number of nitrogens with one attached hydrogen (secondary N) is 2. The molecule has 22 heavy (non-hydrogen) atoms. The minimum absolute atomic E-state index is 0.147. The van der Waals surface area contributed by atoms with Crippen LogP contribution < -0.4 is 10.6 Å². The normalized spacial score (nSPS) is 16.0. The molecule has 2 heterocycles. The van der Waals surface area contributed by atoms with E-state index < -0.39 is 11.9 Å². The maximum Gasteiger partial charge on any atom is 0.326 e. The molecule has 1 fully saturated rings. The molecule has 3 rings (SSSR count). The van der Waals surface area contributed by atoms with Gasteiger partial charge in [-0.1, -0.05) is 23.4 Å². The first kappa shape index (κ1) is 15.2. The van der Waals surface area contributed by atoms with Crippen LogP contribution in [0.25, 0.3) is 6.08 Å². The summed E-state index contributed by atoms with van der Waals surface area (Å²) in [6.07, 6.45) is 1.47. The van der Waals surface area contributed by atoms with Crippen LogP contribution in [-0.2, 0) is 4.79 Å². The molecule has 3 amide bonds. The van der Waals surface area contributed by atoms with Gasteiger partial charge in [-0.25, -0.2) is 4.79 Å². The molecule has 0 unspecified atom stereocenters. The Morgan fingerprint density at radius 3 is 2.55 bits per heavy atom. The molecule has 0 saturated carbocycles. The summed E-state index contributed by atoms with van der Waals surface area (Å²) in [4.78, 5) is 23.5. The largest absolute Gasteiger partial charge is 0.449 e. The van der Waals surface area contributed by atoms with Crippen molar-refractivity contribution in [1.82, 2.24) is 10.6 Å². The number of halogens is 2. The summed E-state index contributed by atoms with van der Waals surface area (Å²) in [5.74, 6) is -0.0277. The summed E-state index contributed by atoms with van der Waals surface area (Å²) < 4.78 is 6.42. The maximum absolute atomic E-state index is 11.5. The number of hydrogen-bond donors (Lipinski definition) is 2. The monoisotopic (exact) mass is 398 g/mol. The molecule has 1 saturated heterocycles. The molecule has 0 spiro atoms. The van der Waals surface area contributed by atoms with Gasteiger partial charge in [-0.05, 0) is 46.3 Å². The highest BCUT2D eigenvalue weighted by Crippen LogP contribution is 2.36. The number of rotatable bonds is 3. The van der Waals surface area contributed by atoms with Gasteiger partial charge < -0.3 is 9.73 Å². The average Bonchev–Trinajstić information content (AvgIpc) is 2.96. The highest BCUT2D eigenvalue weighted by molar-refractivity contribution is 9.10. The van der Waals surface area contributed by atoms with Crippen molar-refractivity contribution < 1.29 is 14.0 Å². The van der Waals surface area contributed by atoms with Crippen molar-refractivity contribution in [3.8, 4) is 0 Å². The van der Waals surface area contributed by atoms with Gasteiger partial charge in [-0.15, -0.1) is 0 Å². The van der Waals surface area contributed by atoms with E-state index in [0.717, 1.165) is 9.37 Å². The second kappa shape index (κ2) is 6.20. The first-order chi connectivity index (χ1) is 10.5. The van der Waals surface area contributed by atoms with Crippen molar-refractivity contribution in [1.29, 1.82) is 0 Å². The highest BCUT2D eigenvalue weighted by Gasteiger charge is 2.23. The van der Waals surface area contributed by atoms with E-state index in [0.29, 0.717) is 15.9 Å². The lowest BCUT2D eigenvalue weighted by Gasteiger charge is -1.98. The van der Waals surface area contributed by atoms with Crippen molar-refractivity contribution in [2.24, 2.45) is 0 Å². The Kier molecular flexibility index (Phi) is 4.28. The molecule has 1 aliphatic rings. The fraction of sp³-hybridized carbons (Fsp3) is 0. The second-order valence-electron chi connectivity index (χ2n) is 4.31. The molecular weight excluding hydrogens is 392 g/mol. The summed E-state index contributed by atoms with van der Waals surface area (Å²) in [6, 6.07) is 8.53.